The third-order valence-corrected chi connectivity index (χ3v) is 6.57. The molecule has 1 N–H and O–H groups in total. The number of aromatic nitrogens is 2. The second kappa shape index (κ2) is 8.45. The van der Waals surface area contributed by atoms with Crippen LogP contribution in [0.3, 0.4) is 0 Å². The van der Waals surface area contributed by atoms with Gasteiger partial charge in [0.05, 0.1) is 20.8 Å². The third kappa shape index (κ3) is 4.17. The first-order valence-electron chi connectivity index (χ1n) is 9.66. The summed E-state index contributed by atoms with van der Waals surface area (Å²) in [5.41, 5.74) is 2.95. The van der Waals surface area contributed by atoms with E-state index in [1.54, 1.807) is 37.4 Å². The van der Waals surface area contributed by atoms with Gasteiger partial charge in [-0.05, 0) is 73.2 Å². The number of nitrogens with zero attached hydrogens (tertiary/aromatic N) is 2. The first kappa shape index (κ1) is 20.4. The molecule has 9 heteroatoms. The first-order chi connectivity index (χ1) is 14.5. The lowest BCUT2D eigenvalue weighted by molar-refractivity contribution is 0.375. The van der Waals surface area contributed by atoms with Crippen molar-refractivity contribution >= 4 is 10.0 Å². The molecular weight excluding hydrogens is 406 g/mol. The van der Waals surface area contributed by atoms with Gasteiger partial charge in [-0.3, -0.25) is 0 Å². The fourth-order valence-corrected chi connectivity index (χ4v) is 4.70. The molecule has 0 spiro atoms. The van der Waals surface area contributed by atoms with Crippen molar-refractivity contribution in [1.29, 1.82) is 0 Å². The third-order valence-electron chi connectivity index (χ3n) is 5.15. The minimum Gasteiger partial charge on any atom is -0.497 e. The highest BCUT2D eigenvalue weighted by molar-refractivity contribution is 7.89. The Morgan fingerprint density at radius 1 is 1.03 bits per heavy atom. The Hall–Kier alpha value is -2.91. The summed E-state index contributed by atoms with van der Waals surface area (Å²) in [6.45, 7) is -0.119. The summed E-state index contributed by atoms with van der Waals surface area (Å²) in [5, 5.41) is 3.92. The average Bonchev–Trinajstić information content (AvgIpc) is 3.26. The molecule has 0 aliphatic heterocycles. The molecule has 1 heterocycles. The van der Waals surface area contributed by atoms with Gasteiger partial charge in [0.15, 0.2) is 0 Å². The summed E-state index contributed by atoms with van der Waals surface area (Å²) in [6, 6.07) is 10.7. The van der Waals surface area contributed by atoms with Crippen LogP contribution in [0.1, 0.15) is 29.9 Å². The minimum atomic E-state index is -3.82. The lowest BCUT2D eigenvalue weighted by Gasteiger charge is -2.19. The van der Waals surface area contributed by atoms with E-state index in [9.17, 15) is 8.42 Å². The molecule has 0 atom stereocenters. The monoisotopic (exact) mass is 429 g/mol. The number of hydrogen-bond donors (Lipinski definition) is 1. The van der Waals surface area contributed by atoms with Crippen molar-refractivity contribution in [3.05, 3.63) is 53.4 Å². The van der Waals surface area contributed by atoms with Crippen molar-refractivity contribution in [3.8, 4) is 22.9 Å². The number of ether oxygens (including phenoxy) is 2. The molecule has 0 amide bonds. The van der Waals surface area contributed by atoms with E-state index in [1.165, 1.54) is 7.11 Å². The molecule has 0 bridgehead atoms. The quantitative estimate of drug-likeness (QED) is 0.615. The van der Waals surface area contributed by atoms with Crippen molar-refractivity contribution in [2.45, 2.75) is 37.1 Å². The molecule has 3 aromatic rings. The highest BCUT2D eigenvalue weighted by Crippen LogP contribution is 2.32. The molecular formula is C21H23N3O5S. The Labute approximate surface area is 175 Å². The zero-order valence-electron chi connectivity index (χ0n) is 16.8. The highest BCUT2D eigenvalue weighted by atomic mass is 32.2. The van der Waals surface area contributed by atoms with Gasteiger partial charge in [-0.2, -0.15) is 4.98 Å². The Kier molecular flexibility index (Phi) is 5.74. The summed E-state index contributed by atoms with van der Waals surface area (Å²) in [7, 11) is -0.755. The van der Waals surface area contributed by atoms with E-state index in [1.807, 2.05) is 6.07 Å². The molecule has 4 rings (SSSR count). The second-order valence-electron chi connectivity index (χ2n) is 7.04. The van der Waals surface area contributed by atoms with E-state index in [0.29, 0.717) is 17.3 Å². The zero-order valence-corrected chi connectivity index (χ0v) is 17.7. The van der Waals surface area contributed by atoms with Crippen LogP contribution in [-0.2, 0) is 29.4 Å². The minimum absolute atomic E-state index is 0.119. The van der Waals surface area contributed by atoms with Gasteiger partial charge < -0.3 is 14.0 Å². The largest absolute Gasteiger partial charge is 0.497 e. The number of nitrogens with one attached hydrogen (secondary N) is 1. The number of benzene rings is 2. The summed E-state index contributed by atoms with van der Waals surface area (Å²) < 4.78 is 44.1. The number of sulfonamides is 1. The molecule has 1 aliphatic carbocycles. The van der Waals surface area contributed by atoms with Gasteiger partial charge in [0, 0.05) is 5.56 Å². The first-order valence-corrected chi connectivity index (χ1v) is 11.1. The maximum absolute atomic E-state index is 12.9. The molecule has 1 aliphatic rings. The fourth-order valence-electron chi connectivity index (χ4n) is 3.53. The number of methoxy groups -OCH3 is 2. The van der Waals surface area contributed by atoms with Crippen molar-refractivity contribution in [2.24, 2.45) is 0 Å². The molecule has 158 valence electrons. The molecule has 30 heavy (non-hydrogen) atoms. The number of rotatable bonds is 7. The molecule has 0 unspecified atom stereocenters. The SMILES string of the molecule is COc1ccc(-c2noc(CNS(=O)(=O)c3cc4c(cc3OC)CCCC4)n2)cc1. The van der Waals surface area contributed by atoms with Crippen molar-refractivity contribution < 1.29 is 22.4 Å². The topological polar surface area (TPSA) is 104 Å². The highest BCUT2D eigenvalue weighted by Gasteiger charge is 2.24. The Morgan fingerprint density at radius 2 is 1.73 bits per heavy atom. The Balaban J connectivity index is 1.51. The number of aryl methyl sites for hydroxylation is 2. The molecule has 0 fully saturated rings. The van der Waals surface area contributed by atoms with E-state index < -0.39 is 10.0 Å². The smallest absolute Gasteiger partial charge is 0.244 e. The van der Waals surface area contributed by atoms with Crippen LogP contribution in [0.2, 0.25) is 0 Å². The Morgan fingerprint density at radius 3 is 2.40 bits per heavy atom. The van der Waals surface area contributed by atoms with Gasteiger partial charge in [-0.15, -0.1) is 0 Å². The van der Waals surface area contributed by atoms with Gasteiger partial charge in [-0.25, -0.2) is 13.1 Å². The normalized spacial score (nSPS) is 13.7. The van der Waals surface area contributed by atoms with Crippen LogP contribution < -0.4 is 14.2 Å². The summed E-state index contributed by atoms with van der Waals surface area (Å²) in [4.78, 5) is 4.39. The Bertz CT molecular complexity index is 1140. The lowest BCUT2D eigenvalue weighted by Crippen LogP contribution is -2.24. The van der Waals surface area contributed by atoms with Crippen molar-refractivity contribution in [2.75, 3.05) is 14.2 Å². The van der Waals surface area contributed by atoms with E-state index >= 15 is 0 Å². The van der Waals surface area contributed by atoms with Crippen LogP contribution in [0.4, 0.5) is 0 Å². The fraction of sp³-hybridized carbons (Fsp3) is 0.333. The van der Waals surface area contributed by atoms with Crippen LogP contribution in [0.25, 0.3) is 11.4 Å². The number of fused-ring (bicyclic) bond motifs is 1. The van der Waals surface area contributed by atoms with Crippen molar-refractivity contribution in [3.63, 3.8) is 0 Å². The maximum Gasteiger partial charge on any atom is 0.244 e. The van der Waals surface area contributed by atoms with E-state index in [-0.39, 0.29) is 17.3 Å². The number of hydrogen-bond acceptors (Lipinski definition) is 7. The van der Waals surface area contributed by atoms with Gasteiger partial charge >= 0.3 is 0 Å². The van der Waals surface area contributed by atoms with E-state index in [2.05, 4.69) is 14.9 Å². The van der Waals surface area contributed by atoms with E-state index in [4.69, 9.17) is 14.0 Å². The molecule has 8 nitrogen and oxygen atoms in total. The molecule has 0 radical (unpaired) electrons. The predicted octanol–water partition coefficient (Wildman–Crippen LogP) is 3.11. The van der Waals surface area contributed by atoms with Crippen LogP contribution >= 0.6 is 0 Å². The van der Waals surface area contributed by atoms with Gasteiger partial charge in [0.25, 0.3) is 0 Å². The zero-order chi connectivity index (χ0) is 21.1. The lowest BCUT2D eigenvalue weighted by atomic mass is 9.92. The second-order valence-corrected chi connectivity index (χ2v) is 8.78. The molecule has 0 saturated carbocycles. The van der Waals surface area contributed by atoms with Crippen LogP contribution in [0.15, 0.2) is 45.8 Å². The summed E-state index contributed by atoms with van der Waals surface area (Å²) >= 11 is 0. The summed E-state index contributed by atoms with van der Waals surface area (Å²) in [5.74, 6) is 1.60. The molecule has 1 aromatic heterocycles. The maximum atomic E-state index is 12.9. The van der Waals surface area contributed by atoms with E-state index in [0.717, 1.165) is 42.4 Å². The van der Waals surface area contributed by atoms with Crippen LogP contribution in [0, 0.1) is 0 Å². The van der Waals surface area contributed by atoms with Gasteiger partial charge in [0.2, 0.25) is 21.7 Å². The molecule has 0 saturated heterocycles. The summed E-state index contributed by atoms with van der Waals surface area (Å²) in [6.07, 6.45) is 3.98. The van der Waals surface area contributed by atoms with Crippen molar-refractivity contribution in [1.82, 2.24) is 14.9 Å². The van der Waals surface area contributed by atoms with Crippen LogP contribution in [-0.4, -0.2) is 32.8 Å². The average molecular weight is 429 g/mol. The van der Waals surface area contributed by atoms with Crippen LogP contribution in [0.5, 0.6) is 11.5 Å². The van der Waals surface area contributed by atoms with Gasteiger partial charge in [0.1, 0.15) is 16.4 Å². The standard InChI is InChI=1S/C21H23N3O5S/c1-27-17-9-7-14(8-10-17)21-23-20(29-24-21)13-22-30(25,26)19-12-16-6-4-3-5-15(16)11-18(19)28-2/h7-12,22H,3-6,13H2,1-2H3. The molecule has 2 aromatic carbocycles. The predicted molar refractivity (Wildman–Crippen MR) is 110 cm³/mol. The van der Waals surface area contributed by atoms with Gasteiger partial charge in [-0.1, -0.05) is 5.16 Å².